The number of nitrogens with one attached hydrogen (secondary N) is 1. The van der Waals surface area contributed by atoms with Gasteiger partial charge in [-0.25, -0.2) is 0 Å². The van der Waals surface area contributed by atoms with Crippen LogP contribution in [0.5, 0.6) is 0 Å². The topological polar surface area (TPSA) is 66.5 Å². The highest BCUT2D eigenvalue weighted by Gasteiger charge is 2.10. The number of allylic oxidation sites excluding steroid dienone is 1. The summed E-state index contributed by atoms with van der Waals surface area (Å²) in [6.45, 7) is 9.58. The maximum atomic E-state index is 5.24. The third-order valence-electron chi connectivity index (χ3n) is 3.60. The molecule has 0 saturated carbocycles. The first kappa shape index (κ1) is 19.2. The summed E-state index contributed by atoms with van der Waals surface area (Å²) in [6.07, 6.45) is 7.36. The number of hydrogen-bond acceptors (Lipinski definition) is 4. The van der Waals surface area contributed by atoms with Crippen LogP contribution in [-0.2, 0) is 6.42 Å². The molecule has 0 unspecified atom stereocenters. The average Bonchev–Trinajstić information content (AvgIpc) is 3.00. The minimum atomic E-state index is 0.292. The number of nitrogens with zero attached hydrogens (tertiary/aromatic N) is 4. The molecule has 6 heteroatoms. The summed E-state index contributed by atoms with van der Waals surface area (Å²) in [5, 5.41) is 7.31. The maximum absolute atomic E-state index is 5.24. The van der Waals surface area contributed by atoms with Gasteiger partial charge in [0.15, 0.2) is 11.8 Å². The van der Waals surface area contributed by atoms with Crippen LogP contribution in [0.4, 0.5) is 0 Å². The van der Waals surface area contributed by atoms with E-state index in [9.17, 15) is 0 Å². The van der Waals surface area contributed by atoms with Gasteiger partial charge in [0, 0.05) is 39.5 Å². The normalized spacial score (nSPS) is 11.8. The van der Waals surface area contributed by atoms with Gasteiger partial charge in [-0.3, -0.25) is 4.99 Å². The van der Waals surface area contributed by atoms with E-state index in [-0.39, 0.29) is 0 Å². The van der Waals surface area contributed by atoms with Gasteiger partial charge < -0.3 is 14.7 Å². The summed E-state index contributed by atoms with van der Waals surface area (Å²) in [5.74, 6) is 2.63. The van der Waals surface area contributed by atoms with E-state index in [2.05, 4.69) is 52.8 Å². The van der Waals surface area contributed by atoms with Gasteiger partial charge in [0.1, 0.15) is 0 Å². The largest absolute Gasteiger partial charge is 0.356 e. The molecule has 1 aromatic heterocycles. The van der Waals surface area contributed by atoms with Crippen molar-refractivity contribution >= 4 is 5.96 Å². The Morgan fingerprint density at radius 1 is 1.39 bits per heavy atom. The quantitative estimate of drug-likeness (QED) is 0.310. The summed E-state index contributed by atoms with van der Waals surface area (Å²) in [5.41, 5.74) is 0. The molecule has 0 fully saturated rings. The van der Waals surface area contributed by atoms with Gasteiger partial charge in [-0.2, -0.15) is 4.98 Å². The van der Waals surface area contributed by atoms with Crippen molar-refractivity contribution in [1.29, 1.82) is 0 Å². The van der Waals surface area contributed by atoms with Crippen molar-refractivity contribution in [3.63, 3.8) is 0 Å². The Labute approximate surface area is 140 Å². The minimum absolute atomic E-state index is 0.292. The molecule has 0 spiro atoms. The van der Waals surface area contributed by atoms with Crippen LogP contribution in [0.1, 0.15) is 57.2 Å². The second-order valence-corrected chi connectivity index (χ2v) is 5.98. The van der Waals surface area contributed by atoms with Crippen LogP contribution in [0.15, 0.2) is 22.2 Å². The van der Waals surface area contributed by atoms with Crippen LogP contribution in [0.25, 0.3) is 0 Å². The highest BCUT2D eigenvalue weighted by atomic mass is 16.5. The SMILES string of the molecule is C=CCCCCCN(C)C(=NC)NCCc1nc(C(C)C)no1. The van der Waals surface area contributed by atoms with Crippen molar-refractivity contribution in [1.82, 2.24) is 20.4 Å². The van der Waals surface area contributed by atoms with E-state index >= 15 is 0 Å². The van der Waals surface area contributed by atoms with Crippen LogP contribution in [0.2, 0.25) is 0 Å². The molecule has 0 atom stereocenters. The van der Waals surface area contributed by atoms with Crippen LogP contribution >= 0.6 is 0 Å². The fraction of sp³-hybridized carbons (Fsp3) is 0.706. The van der Waals surface area contributed by atoms with Crippen molar-refractivity contribution in [2.24, 2.45) is 4.99 Å². The van der Waals surface area contributed by atoms with Crippen molar-refractivity contribution in [3.05, 3.63) is 24.4 Å². The van der Waals surface area contributed by atoms with Crippen LogP contribution in [-0.4, -0.2) is 48.2 Å². The molecular weight excluding hydrogens is 290 g/mol. The van der Waals surface area contributed by atoms with Gasteiger partial charge >= 0.3 is 0 Å². The van der Waals surface area contributed by atoms with Crippen molar-refractivity contribution in [2.45, 2.75) is 51.9 Å². The van der Waals surface area contributed by atoms with Gasteiger partial charge in [-0.15, -0.1) is 6.58 Å². The number of guanidine groups is 1. The highest BCUT2D eigenvalue weighted by molar-refractivity contribution is 5.79. The molecule has 0 aliphatic heterocycles. The molecule has 0 aliphatic rings. The minimum Gasteiger partial charge on any atom is -0.356 e. The molecule has 1 aromatic rings. The molecule has 130 valence electrons. The Bertz CT molecular complexity index is 481. The average molecular weight is 321 g/mol. The molecule has 0 amide bonds. The molecule has 1 rings (SSSR count). The van der Waals surface area contributed by atoms with E-state index in [1.165, 1.54) is 12.8 Å². The van der Waals surface area contributed by atoms with Gasteiger partial charge in [0.05, 0.1) is 0 Å². The molecule has 6 nitrogen and oxygen atoms in total. The highest BCUT2D eigenvalue weighted by Crippen LogP contribution is 2.09. The Balaban J connectivity index is 2.28. The van der Waals surface area contributed by atoms with E-state index in [1.807, 2.05) is 6.08 Å². The predicted octanol–water partition coefficient (Wildman–Crippen LogP) is 2.99. The van der Waals surface area contributed by atoms with E-state index in [0.717, 1.165) is 37.7 Å². The summed E-state index contributed by atoms with van der Waals surface area (Å²) in [6, 6.07) is 0. The Morgan fingerprint density at radius 2 is 2.17 bits per heavy atom. The summed E-state index contributed by atoms with van der Waals surface area (Å²) in [4.78, 5) is 10.8. The Morgan fingerprint density at radius 3 is 2.78 bits per heavy atom. The van der Waals surface area contributed by atoms with Gasteiger partial charge in [-0.05, 0) is 19.3 Å². The van der Waals surface area contributed by atoms with Crippen molar-refractivity contribution in [2.75, 3.05) is 27.2 Å². The van der Waals surface area contributed by atoms with Crippen LogP contribution < -0.4 is 5.32 Å². The fourth-order valence-electron chi connectivity index (χ4n) is 2.19. The third kappa shape index (κ3) is 7.30. The first-order valence-electron chi connectivity index (χ1n) is 8.43. The first-order chi connectivity index (χ1) is 11.1. The zero-order chi connectivity index (χ0) is 17.1. The van der Waals surface area contributed by atoms with Crippen LogP contribution in [0, 0.1) is 0 Å². The van der Waals surface area contributed by atoms with Gasteiger partial charge in [-0.1, -0.05) is 31.5 Å². The van der Waals surface area contributed by atoms with Gasteiger partial charge in [0.25, 0.3) is 0 Å². The first-order valence-corrected chi connectivity index (χ1v) is 8.43. The molecule has 1 heterocycles. The number of unbranched alkanes of at least 4 members (excludes halogenated alkanes) is 3. The smallest absolute Gasteiger partial charge is 0.228 e. The number of rotatable bonds is 10. The maximum Gasteiger partial charge on any atom is 0.228 e. The lowest BCUT2D eigenvalue weighted by atomic mass is 10.2. The molecule has 1 N–H and O–H groups in total. The van der Waals surface area contributed by atoms with Gasteiger partial charge in [0.2, 0.25) is 5.89 Å². The molecule has 0 aromatic carbocycles. The van der Waals surface area contributed by atoms with Crippen molar-refractivity contribution < 1.29 is 4.52 Å². The second-order valence-electron chi connectivity index (χ2n) is 5.98. The molecule has 0 aliphatic carbocycles. The predicted molar refractivity (Wildman–Crippen MR) is 94.7 cm³/mol. The molecule has 0 saturated heterocycles. The fourth-order valence-corrected chi connectivity index (χ4v) is 2.19. The van der Waals surface area contributed by atoms with E-state index in [1.54, 1.807) is 7.05 Å². The third-order valence-corrected chi connectivity index (χ3v) is 3.60. The van der Waals surface area contributed by atoms with Crippen molar-refractivity contribution in [3.8, 4) is 0 Å². The lowest BCUT2D eigenvalue weighted by Crippen LogP contribution is -2.40. The number of aliphatic imine (C=N–C) groups is 1. The number of hydrogen-bond donors (Lipinski definition) is 1. The zero-order valence-electron chi connectivity index (χ0n) is 15.0. The zero-order valence-corrected chi connectivity index (χ0v) is 15.0. The Kier molecular flexibility index (Phi) is 9.02. The second kappa shape index (κ2) is 10.8. The molecular formula is C17H31N5O. The van der Waals surface area contributed by atoms with E-state index in [4.69, 9.17) is 4.52 Å². The summed E-state index contributed by atoms with van der Waals surface area (Å²) >= 11 is 0. The van der Waals surface area contributed by atoms with Crippen LogP contribution in [0.3, 0.4) is 0 Å². The number of aromatic nitrogens is 2. The molecule has 23 heavy (non-hydrogen) atoms. The Hall–Kier alpha value is -1.85. The van der Waals surface area contributed by atoms with E-state index < -0.39 is 0 Å². The van der Waals surface area contributed by atoms with E-state index in [0.29, 0.717) is 18.2 Å². The lowest BCUT2D eigenvalue weighted by Gasteiger charge is -2.21. The molecule has 0 bridgehead atoms. The summed E-state index contributed by atoms with van der Waals surface area (Å²) < 4.78 is 5.24. The monoisotopic (exact) mass is 321 g/mol. The lowest BCUT2D eigenvalue weighted by molar-refractivity contribution is 0.370. The summed E-state index contributed by atoms with van der Waals surface area (Å²) in [7, 11) is 3.87. The standard InChI is InChI=1S/C17H31N5O/c1-6-7-8-9-10-13-22(5)17(18-4)19-12-11-15-20-16(14(2)3)21-23-15/h6,14H,1,7-13H2,2-5H3,(H,18,19). The molecule has 0 radical (unpaired) electrons.